The van der Waals surface area contributed by atoms with Crippen molar-refractivity contribution in [3.05, 3.63) is 41.0 Å². The molecule has 2 heteroatoms. The van der Waals surface area contributed by atoms with Crippen LogP contribution in [0.5, 0.6) is 0 Å². The van der Waals surface area contributed by atoms with Gasteiger partial charge >= 0.3 is 5.97 Å². The molecule has 0 atom stereocenters. The summed E-state index contributed by atoms with van der Waals surface area (Å²) in [5.74, 6) is -0.804. The molecule has 2 rings (SSSR count). The molecule has 0 heterocycles. The van der Waals surface area contributed by atoms with Crippen molar-refractivity contribution in [2.75, 3.05) is 0 Å². The van der Waals surface area contributed by atoms with Gasteiger partial charge in [-0.3, -0.25) is 0 Å². The van der Waals surface area contributed by atoms with Gasteiger partial charge in [0.2, 0.25) is 0 Å². The lowest BCUT2D eigenvalue weighted by Crippen LogP contribution is -2.07. The number of aryl methyl sites for hydroxylation is 1. The molecule has 1 aromatic rings. The summed E-state index contributed by atoms with van der Waals surface area (Å²) in [6.45, 7) is 1.69. The average molecular weight is 202 g/mol. The van der Waals surface area contributed by atoms with Crippen LogP contribution >= 0.6 is 0 Å². The lowest BCUT2D eigenvalue weighted by Gasteiger charge is -2.20. The number of hydrogen-bond donors (Lipinski definition) is 1. The zero-order valence-corrected chi connectivity index (χ0v) is 8.79. The van der Waals surface area contributed by atoms with Gasteiger partial charge in [-0.25, -0.2) is 4.79 Å². The fourth-order valence-electron chi connectivity index (χ4n) is 2.14. The normalized spacial score (nSPS) is 18.2. The second kappa shape index (κ2) is 3.89. The zero-order chi connectivity index (χ0) is 10.8. The van der Waals surface area contributed by atoms with Crippen LogP contribution in [0.4, 0.5) is 0 Å². The first-order chi connectivity index (χ1) is 7.20. The summed E-state index contributed by atoms with van der Waals surface area (Å²) in [5.41, 5.74) is 3.90. The summed E-state index contributed by atoms with van der Waals surface area (Å²) in [7, 11) is 0. The Bertz CT molecular complexity index is 430. The van der Waals surface area contributed by atoms with Crippen molar-refractivity contribution >= 4 is 11.5 Å². The fourth-order valence-corrected chi connectivity index (χ4v) is 2.14. The first kappa shape index (κ1) is 9.97. The molecule has 0 aromatic heterocycles. The summed E-state index contributed by atoms with van der Waals surface area (Å²) in [4.78, 5) is 11.0. The third-order valence-electron chi connectivity index (χ3n) is 2.99. The van der Waals surface area contributed by atoms with E-state index in [1.165, 1.54) is 5.56 Å². The van der Waals surface area contributed by atoms with E-state index in [1.807, 2.05) is 18.2 Å². The molecule has 0 aliphatic heterocycles. The zero-order valence-electron chi connectivity index (χ0n) is 8.79. The Labute approximate surface area is 89.2 Å². The van der Waals surface area contributed by atoms with Gasteiger partial charge in [-0.05, 0) is 42.9 Å². The van der Waals surface area contributed by atoms with E-state index in [9.17, 15) is 4.79 Å². The van der Waals surface area contributed by atoms with E-state index in [0.29, 0.717) is 5.57 Å². The van der Waals surface area contributed by atoms with E-state index >= 15 is 0 Å². The van der Waals surface area contributed by atoms with Gasteiger partial charge in [0.1, 0.15) is 0 Å². The number of carbonyl (C=O) groups is 1. The van der Waals surface area contributed by atoms with Crippen LogP contribution in [0, 0.1) is 0 Å². The molecule has 0 unspecified atom stereocenters. The molecular formula is C13H14O2. The summed E-state index contributed by atoms with van der Waals surface area (Å²) in [6, 6.07) is 8.09. The molecular weight excluding hydrogens is 188 g/mol. The predicted molar refractivity (Wildman–Crippen MR) is 59.6 cm³/mol. The molecule has 1 aromatic carbocycles. The summed E-state index contributed by atoms with van der Waals surface area (Å²) in [6.07, 6.45) is 3.00. The fraction of sp³-hybridized carbons (Fsp3) is 0.308. The first-order valence-electron chi connectivity index (χ1n) is 5.21. The molecule has 15 heavy (non-hydrogen) atoms. The molecule has 0 fully saturated rings. The highest BCUT2D eigenvalue weighted by atomic mass is 16.4. The van der Waals surface area contributed by atoms with Gasteiger partial charge in [-0.2, -0.15) is 0 Å². The molecule has 0 radical (unpaired) electrons. The van der Waals surface area contributed by atoms with Crippen molar-refractivity contribution in [3.8, 4) is 0 Å². The third kappa shape index (κ3) is 1.80. The van der Waals surface area contributed by atoms with E-state index in [2.05, 4.69) is 6.07 Å². The lowest BCUT2D eigenvalue weighted by atomic mass is 9.85. The third-order valence-corrected chi connectivity index (χ3v) is 2.99. The minimum Gasteiger partial charge on any atom is -0.478 e. The number of carboxylic acid groups (broad SMARTS) is 1. The van der Waals surface area contributed by atoms with Gasteiger partial charge < -0.3 is 5.11 Å². The van der Waals surface area contributed by atoms with Crippen LogP contribution < -0.4 is 0 Å². The minimum absolute atomic E-state index is 0.488. The predicted octanol–water partition coefficient (Wildman–Crippen LogP) is 2.88. The molecule has 0 bridgehead atoms. The monoisotopic (exact) mass is 202 g/mol. The molecule has 1 N–H and O–H groups in total. The van der Waals surface area contributed by atoms with E-state index in [0.717, 1.165) is 30.4 Å². The quantitative estimate of drug-likeness (QED) is 0.711. The van der Waals surface area contributed by atoms with Crippen LogP contribution in [0.25, 0.3) is 5.57 Å². The maximum atomic E-state index is 11.0. The summed E-state index contributed by atoms with van der Waals surface area (Å²) < 4.78 is 0. The number of rotatable bonds is 1. The molecule has 0 saturated heterocycles. The van der Waals surface area contributed by atoms with Crippen molar-refractivity contribution in [2.45, 2.75) is 26.2 Å². The Hall–Kier alpha value is -1.57. The Morgan fingerprint density at radius 3 is 2.73 bits per heavy atom. The molecule has 0 spiro atoms. The topological polar surface area (TPSA) is 37.3 Å². The molecule has 0 saturated carbocycles. The lowest BCUT2D eigenvalue weighted by molar-refractivity contribution is -0.132. The second-order valence-corrected chi connectivity index (χ2v) is 3.92. The Kier molecular flexibility index (Phi) is 2.58. The smallest absolute Gasteiger partial charge is 0.331 e. The number of fused-ring (bicyclic) bond motifs is 1. The maximum absolute atomic E-state index is 11.0. The number of allylic oxidation sites excluding steroid dienone is 1. The largest absolute Gasteiger partial charge is 0.478 e. The van der Waals surface area contributed by atoms with Crippen molar-refractivity contribution in [1.82, 2.24) is 0 Å². The van der Waals surface area contributed by atoms with Crippen molar-refractivity contribution < 1.29 is 9.90 Å². The van der Waals surface area contributed by atoms with E-state index in [1.54, 1.807) is 6.92 Å². The molecule has 2 nitrogen and oxygen atoms in total. The van der Waals surface area contributed by atoms with Crippen molar-refractivity contribution in [3.63, 3.8) is 0 Å². The summed E-state index contributed by atoms with van der Waals surface area (Å²) in [5, 5.41) is 9.00. The van der Waals surface area contributed by atoms with Gasteiger partial charge in [-0.15, -0.1) is 0 Å². The standard InChI is InChI=1S/C13H14O2/c1-9(13(14)15)11-8-4-6-10-5-2-3-7-12(10)11/h2-3,5,7H,4,6,8H2,1H3,(H,14,15)/b11-9+. The Balaban J connectivity index is 2.55. The highest BCUT2D eigenvalue weighted by molar-refractivity contribution is 5.96. The van der Waals surface area contributed by atoms with Crippen molar-refractivity contribution in [1.29, 1.82) is 0 Å². The van der Waals surface area contributed by atoms with Crippen LogP contribution in [-0.4, -0.2) is 11.1 Å². The van der Waals surface area contributed by atoms with Crippen LogP contribution in [0.3, 0.4) is 0 Å². The molecule has 1 aliphatic carbocycles. The van der Waals surface area contributed by atoms with Gasteiger partial charge in [0.15, 0.2) is 0 Å². The van der Waals surface area contributed by atoms with E-state index in [-0.39, 0.29) is 0 Å². The second-order valence-electron chi connectivity index (χ2n) is 3.92. The van der Waals surface area contributed by atoms with E-state index in [4.69, 9.17) is 5.11 Å². The number of benzene rings is 1. The molecule has 0 amide bonds. The minimum atomic E-state index is -0.804. The number of carboxylic acids is 1. The summed E-state index contributed by atoms with van der Waals surface area (Å²) >= 11 is 0. The van der Waals surface area contributed by atoms with Gasteiger partial charge in [0, 0.05) is 5.57 Å². The average Bonchev–Trinajstić information content (AvgIpc) is 2.27. The SMILES string of the molecule is C/C(C(=O)O)=C1/CCCc2ccccc21. The highest BCUT2D eigenvalue weighted by Crippen LogP contribution is 2.32. The molecule has 78 valence electrons. The van der Waals surface area contributed by atoms with E-state index < -0.39 is 5.97 Å². The first-order valence-corrected chi connectivity index (χ1v) is 5.21. The van der Waals surface area contributed by atoms with Gasteiger partial charge in [0.25, 0.3) is 0 Å². The number of hydrogen-bond acceptors (Lipinski definition) is 1. The number of aliphatic carboxylic acids is 1. The Morgan fingerprint density at radius 1 is 1.27 bits per heavy atom. The van der Waals surface area contributed by atoms with Crippen LogP contribution in [0.1, 0.15) is 30.9 Å². The van der Waals surface area contributed by atoms with Crippen LogP contribution in [-0.2, 0) is 11.2 Å². The molecule has 1 aliphatic rings. The van der Waals surface area contributed by atoms with Crippen LogP contribution in [0.2, 0.25) is 0 Å². The Morgan fingerprint density at radius 2 is 2.00 bits per heavy atom. The van der Waals surface area contributed by atoms with Gasteiger partial charge in [0.05, 0.1) is 0 Å². The maximum Gasteiger partial charge on any atom is 0.331 e. The van der Waals surface area contributed by atoms with Crippen molar-refractivity contribution in [2.24, 2.45) is 0 Å². The van der Waals surface area contributed by atoms with Crippen LogP contribution in [0.15, 0.2) is 29.8 Å². The highest BCUT2D eigenvalue weighted by Gasteiger charge is 2.17. The van der Waals surface area contributed by atoms with Gasteiger partial charge in [-0.1, -0.05) is 24.3 Å².